The first-order chi connectivity index (χ1) is 15.1. The van der Waals surface area contributed by atoms with Gasteiger partial charge in [0, 0.05) is 34.8 Å². The molecule has 0 saturated carbocycles. The fourth-order valence-corrected chi connectivity index (χ4v) is 4.03. The van der Waals surface area contributed by atoms with Gasteiger partial charge in [0.2, 0.25) is 6.19 Å². The summed E-state index contributed by atoms with van der Waals surface area (Å²) in [5, 5.41) is 11.9. The molecule has 3 N–H and O–H groups in total. The molecule has 11 heteroatoms. The van der Waals surface area contributed by atoms with Crippen molar-refractivity contribution in [3.63, 3.8) is 0 Å². The van der Waals surface area contributed by atoms with Gasteiger partial charge in [0.1, 0.15) is 23.1 Å². The molecule has 2 aromatic rings. The summed E-state index contributed by atoms with van der Waals surface area (Å²) in [4.78, 5) is 4.14. The molecular formula is C21H20ClF2N5O2S. The Balaban J connectivity index is 2.41. The van der Waals surface area contributed by atoms with Gasteiger partial charge in [-0.3, -0.25) is 0 Å². The van der Waals surface area contributed by atoms with Gasteiger partial charge in [0.05, 0.1) is 22.6 Å². The highest BCUT2D eigenvalue weighted by atomic mass is 35.5. The van der Waals surface area contributed by atoms with E-state index in [0.717, 1.165) is 12.1 Å². The molecule has 0 spiro atoms. The van der Waals surface area contributed by atoms with Crippen molar-refractivity contribution >= 4 is 32.7 Å². The summed E-state index contributed by atoms with van der Waals surface area (Å²) < 4.78 is 48.9. The van der Waals surface area contributed by atoms with Crippen molar-refractivity contribution in [3.05, 3.63) is 82.8 Å². The summed E-state index contributed by atoms with van der Waals surface area (Å²) in [6.45, 7) is 3.76. The Kier molecular flexibility index (Phi) is 8.34. The first-order valence-electron chi connectivity index (χ1n) is 8.92. The van der Waals surface area contributed by atoms with Crippen LogP contribution in [0.5, 0.6) is 5.75 Å². The summed E-state index contributed by atoms with van der Waals surface area (Å²) >= 11 is 6.14. The van der Waals surface area contributed by atoms with E-state index in [1.165, 1.54) is 19.4 Å². The van der Waals surface area contributed by atoms with Gasteiger partial charge in [0.25, 0.3) is 0 Å². The van der Waals surface area contributed by atoms with Crippen molar-refractivity contribution in [3.8, 4) is 11.9 Å². The number of benzene rings is 2. The molecule has 0 radical (unpaired) electrons. The Morgan fingerprint density at radius 3 is 2.75 bits per heavy atom. The Morgan fingerprint density at radius 1 is 1.41 bits per heavy atom. The lowest BCUT2D eigenvalue weighted by Crippen LogP contribution is -2.09. The zero-order valence-corrected chi connectivity index (χ0v) is 18.8. The van der Waals surface area contributed by atoms with Gasteiger partial charge in [-0.1, -0.05) is 18.2 Å². The average molecular weight is 480 g/mol. The second-order valence-electron chi connectivity index (χ2n) is 6.53. The highest BCUT2D eigenvalue weighted by molar-refractivity contribution is 7.92. The van der Waals surface area contributed by atoms with Crippen LogP contribution in [0.25, 0.3) is 0 Å². The number of nitrogens with one attached hydrogen (secondary N) is 1. The fraction of sp³-hybridized carbons (Fsp3) is 0.143. The Hall–Kier alpha value is -3.42. The number of nitriles is 1. The number of hydrogen-bond donors (Lipinski definition) is 2. The molecule has 0 saturated heterocycles. The maximum atomic E-state index is 14.5. The van der Waals surface area contributed by atoms with Crippen LogP contribution >= 0.6 is 11.6 Å². The zero-order valence-electron chi connectivity index (χ0n) is 17.2. The van der Waals surface area contributed by atoms with Crippen LogP contribution in [0.15, 0.2) is 70.2 Å². The maximum absolute atomic E-state index is 14.5. The molecule has 0 aliphatic heterocycles. The van der Waals surface area contributed by atoms with Crippen molar-refractivity contribution in [2.75, 3.05) is 18.7 Å². The van der Waals surface area contributed by atoms with Gasteiger partial charge in [-0.25, -0.2) is 18.0 Å². The zero-order chi connectivity index (χ0) is 23.9. The average Bonchev–Trinajstić information content (AvgIpc) is 2.70. The monoisotopic (exact) mass is 479 g/mol. The first kappa shape index (κ1) is 24.8. The molecular weight excluding hydrogens is 460 g/mol. The Morgan fingerprint density at radius 2 is 2.12 bits per heavy atom. The van der Waals surface area contributed by atoms with Gasteiger partial charge in [0.15, 0.2) is 5.83 Å². The van der Waals surface area contributed by atoms with Gasteiger partial charge < -0.3 is 15.8 Å². The minimum Gasteiger partial charge on any atom is -0.496 e. The van der Waals surface area contributed by atoms with E-state index in [4.69, 9.17) is 27.3 Å². The number of methoxy groups -OCH3 is 1. The third-order valence-electron chi connectivity index (χ3n) is 3.95. The molecule has 0 fully saturated rings. The quantitative estimate of drug-likeness (QED) is 0.420. The van der Waals surface area contributed by atoms with Crippen LogP contribution < -0.4 is 15.8 Å². The minimum absolute atomic E-state index is 0.00584. The van der Waals surface area contributed by atoms with E-state index in [-0.39, 0.29) is 28.6 Å². The molecule has 32 heavy (non-hydrogen) atoms. The molecule has 7 nitrogen and oxygen atoms in total. The van der Waals surface area contributed by atoms with Crippen molar-refractivity contribution in [1.82, 2.24) is 0 Å². The lowest BCUT2D eigenvalue weighted by atomic mass is 10.1. The maximum Gasteiger partial charge on any atom is 0.214 e. The van der Waals surface area contributed by atoms with Crippen molar-refractivity contribution < 1.29 is 17.7 Å². The largest absolute Gasteiger partial charge is 0.496 e. The predicted octanol–water partition coefficient (Wildman–Crippen LogP) is 4.71. The summed E-state index contributed by atoms with van der Waals surface area (Å²) in [6.07, 6.45) is 3.61. The second kappa shape index (κ2) is 10.7. The van der Waals surface area contributed by atoms with Crippen LogP contribution in [0.2, 0.25) is 5.02 Å². The van der Waals surface area contributed by atoms with E-state index in [0.29, 0.717) is 22.5 Å². The van der Waals surface area contributed by atoms with Crippen LogP contribution in [0, 0.1) is 17.3 Å². The minimum atomic E-state index is -2.77. The fourth-order valence-electron chi connectivity index (χ4n) is 2.75. The molecule has 0 aliphatic rings. The molecule has 2 aromatic carbocycles. The lowest BCUT2D eigenvalue weighted by Gasteiger charge is -2.13. The number of aliphatic imine (C=N–C) groups is 1. The van der Waals surface area contributed by atoms with Crippen LogP contribution in [0.1, 0.15) is 11.1 Å². The number of nitrogens with zero attached hydrogens (tertiary/aromatic N) is 3. The molecule has 168 valence electrons. The predicted molar refractivity (Wildman–Crippen MR) is 123 cm³/mol. The van der Waals surface area contributed by atoms with Crippen molar-refractivity contribution in [2.45, 2.75) is 5.75 Å². The molecule has 0 heterocycles. The van der Waals surface area contributed by atoms with Gasteiger partial charge >= 0.3 is 0 Å². The van der Waals surface area contributed by atoms with Crippen LogP contribution in [0.4, 0.5) is 14.5 Å². The van der Waals surface area contributed by atoms with Crippen molar-refractivity contribution in [2.24, 2.45) is 15.1 Å². The number of hydrogen-bond acceptors (Lipinski definition) is 7. The summed E-state index contributed by atoms with van der Waals surface area (Å²) in [6, 6.07) is 8.28. The second-order valence-corrected chi connectivity index (χ2v) is 9.36. The van der Waals surface area contributed by atoms with Crippen LogP contribution in [-0.2, 0) is 15.5 Å². The van der Waals surface area contributed by atoms with E-state index in [1.807, 2.05) is 0 Å². The lowest BCUT2D eigenvalue weighted by molar-refractivity contribution is 0.410. The Bertz CT molecular complexity index is 1260. The third kappa shape index (κ3) is 6.80. The van der Waals surface area contributed by atoms with E-state index >= 15 is 0 Å². The summed E-state index contributed by atoms with van der Waals surface area (Å²) in [7, 11) is -1.46. The molecule has 0 aromatic heterocycles. The van der Waals surface area contributed by atoms with Crippen LogP contribution in [-0.4, -0.2) is 23.3 Å². The number of ether oxygens (including phenoxy) is 1. The third-order valence-corrected chi connectivity index (χ3v) is 5.51. The smallest absolute Gasteiger partial charge is 0.214 e. The Labute approximate surface area is 190 Å². The van der Waals surface area contributed by atoms with E-state index < -0.39 is 21.4 Å². The van der Waals surface area contributed by atoms with Gasteiger partial charge in [-0.05, 0) is 35.9 Å². The van der Waals surface area contributed by atoms with Gasteiger partial charge in [-0.2, -0.15) is 5.26 Å². The molecule has 0 amide bonds. The SMILES string of the molecule is C=C(/N=C(\C(F)=C/N)c1ccc(F)cc1OC)Nc1cc(Cl)cc(CS(C)(=O)=NC#N)c1. The molecule has 2 rings (SSSR count). The number of nitrogens with two attached hydrogens (primary N) is 1. The summed E-state index contributed by atoms with van der Waals surface area (Å²) in [5.41, 5.74) is 6.23. The number of halogens is 3. The number of rotatable bonds is 8. The molecule has 0 bridgehead atoms. The van der Waals surface area contributed by atoms with E-state index in [9.17, 15) is 13.0 Å². The standard InChI is InChI=1S/C21H20ClF2N5O2S/c1-13(28-17-7-14(6-15(22)8-17)11-32(3,30)27-12-26)29-21(19(24)10-25)18-5-4-16(23)9-20(18)31-2/h4-10,28H,1,11,25H2,2-3H3/b19-10+,29-21-. The molecule has 0 aliphatic carbocycles. The molecule has 1 atom stereocenters. The highest BCUT2D eigenvalue weighted by Gasteiger charge is 2.16. The first-order valence-corrected chi connectivity index (χ1v) is 11.4. The van der Waals surface area contributed by atoms with Gasteiger partial charge in [-0.15, -0.1) is 4.36 Å². The topological polar surface area (TPSA) is 113 Å². The normalized spacial score (nSPS) is 13.6. The highest BCUT2D eigenvalue weighted by Crippen LogP contribution is 2.26. The van der Waals surface area contributed by atoms with E-state index in [1.54, 1.807) is 24.4 Å². The van der Waals surface area contributed by atoms with Crippen LogP contribution in [0.3, 0.4) is 0 Å². The molecule has 1 unspecified atom stereocenters. The number of anilines is 1. The number of allylic oxidation sites excluding steroid dienone is 1. The van der Waals surface area contributed by atoms with E-state index in [2.05, 4.69) is 21.3 Å². The van der Waals surface area contributed by atoms with Crippen molar-refractivity contribution in [1.29, 1.82) is 5.26 Å². The summed E-state index contributed by atoms with van der Waals surface area (Å²) in [5.74, 6) is -1.39.